The Morgan fingerprint density at radius 2 is 2.16 bits per heavy atom. The Labute approximate surface area is 147 Å². The number of rotatable bonds is 6. The summed E-state index contributed by atoms with van der Waals surface area (Å²) in [5.74, 6) is 0.925. The number of aromatic amines is 1. The Morgan fingerprint density at radius 3 is 2.88 bits per heavy atom. The molecule has 6 nitrogen and oxygen atoms in total. The molecule has 132 valence electrons. The number of ether oxygens (including phenoxy) is 1. The molecule has 1 saturated heterocycles. The molecule has 2 aromatic rings. The first-order valence-electron chi connectivity index (χ1n) is 8.96. The number of imidazole rings is 1. The Bertz CT molecular complexity index is 685. The van der Waals surface area contributed by atoms with Crippen molar-refractivity contribution >= 4 is 5.91 Å². The van der Waals surface area contributed by atoms with Crippen molar-refractivity contribution in [2.45, 2.75) is 38.1 Å². The summed E-state index contributed by atoms with van der Waals surface area (Å²) >= 11 is 0. The van der Waals surface area contributed by atoms with Gasteiger partial charge in [-0.15, -0.1) is 0 Å². The predicted molar refractivity (Wildman–Crippen MR) is 93.6 cm³/mol. The highest BCUT2D eigenvalue weighted by Crippen LogP contribution is 2.29. The van der Waals surface area contributed by atoms with Crippen LogP contribution >= 0.6 is 0 Å². The predicted octanol–water partition coefficient (Wildman–Crippen LogP) is 1.80. The van der Waals surface area contributed by atoms with Crippen molar-refractivity contribution in [1.29, 1.82) is 0 Å². The minimum absolute atomic E-state index is 0.0941. The number of H-pyrrole nitrogens is 1. The monoisotopic (exact) mass is 340 g/mol. The summed E-state index contributed by atoms with van der Waals surface area (Å²) in [6, 6.07) is 10.7. The van der Waals surface area contributed by atoms with Crippen LogP contribution in [0.1, 0.15) is 24.2 Å². The number of nitrogens with zero attached hydrogens (tertiary/aromatic N) is 3. The fourth-order valence-electron chi connectivity index (χ4n) is 3.34. The third kappa shape index (κ3) is 4.08. The van der Waals surface area contributed by atoms with Crippen molar-refractivity contribution in [2.24, 2.45) is 0 Å². The number of carbonyl (C=O) groups is 1. The van der Waals surface area contributed by atoms with Crippen LogP contribution in [0.3, 0.4) is 0 Å². The van der Waals surface area contributed by atoms with E-state index < -0.39 is 0 Å². The van der Waals surface area contributed by atoms with Gasteiger partial charge in [0.25, 0.3) is 5.91 Å². The maximum atomic E-state index is 13.0. The van der Waals surface area contributed by atoms with Crippen LogP contribution in [0.5, 0.6) is 0 Å². The fraction of sp³-hybridized carbons (Fsp3) is 0.474. The van der Waals surface area contributed by atoms with Crippen LogP contribution < -0.4 is 0 Å². The van der Waals surface area contributed by atoms with E-state index in [0.29, 0.717) is 25.7 Å². The third-order valence-electron chi connectivity index (χ3n) is 4.82. The maximum Gasteiger partial charge on any atom is 0.253 e. The number of carbonyl (C=O) groups excluding carboxylic acids is 1. The summed E-state index contributed by atoms with van der Waals surface area (Å²) in [6.07, 6.45) is 5.29. The minimum Gasteiger partial charge on any atom is -0.366 e. The lowest BCUT2D eigenvalue weighted by Gasteiger charge is -2.35. The maximum absolute atomic E-state index is 13.0. The van der Waals surface area contributed by atoms with Crippen LogP contribution in [0.25, 0.3) is 0 Å². The zero-order chi connectivity index (χ0) is 17.1. The quantitative estimate of drug-likeness (QED) is 0.871. The van der Waals surface area contributed by atoms with Gasteiger partial charge in [-0.2, -0.15) is 0 Å². The summed E-state index contributed by atoms with van der Waals surface area (Å²) in [5, 5.41) is 0. The number of amides is 1. The van der Waals surface area contributed by atoms with Gasteiger partial charge in [-0.25, -0.2) is 4.98 Å². The molecule has 1 aliphatic carbocycles. The third-order valence-corrected chi connectivity index (χ3v) is 4.82. The van der Waals surface area contributed by atoms with E-state index in [1.54, 1.807) is 12.4 Å². The number of nitrogens with one attached hydrogen (secondary N) is 1. The molecule has 1 amide bonds. The van der Waals surface area contributed by atoms with Crippen LogP contribution in [0.15, 0.2) is 42.7 Å². The van der Waals surface area contributed by atoms with Gasteiger partial charge in [0, 0.05) is 38.1 Å². The Morgan fingerprint density at radius 1 is 1.32 bits per heavy atom. The van der Waals surface area contributed by atoms with Crippen molar-refractivity contribution in [3.05, 3.63) is 54.1 Å². The summed E-state index contributed by atoms with van der Waals surface area (Å²) in [4.78, 5) is 24.6. The first-order chi connectivity index (χ1) is 12.3. The summed E-state index contributed by atoms with van der Waals surface area (Å²) in [6.45, 7) is 3.50. The number of benzene rings is 1. The molecule has 1 aliphatic heterocycles. The van der Waals surface area contributed by atoms with Gasteiger partial charge in [0.2, 0.25) is 0 Å². The highest BCUT2D eigenvalue weighted by atomic mass is 16.5. The van der Waals surface area contributed by atoms with E-state index in [-0.39, 0.29) is 12.0 Å². The lowest BCUT2D eigenvalue weighted by molar-refractivity contribution is -0.151. The molecule has 4 rings (SSSR count). The molecule has 2 fully saturated rings. The zero-order valence-corrected chi connectivity index (χ0v) is 14.3. The number of aromatic nitrogens is 2. The van der Waals surface area contributed by atoms with Gasteiger partial charge >= 0.3 is 0 Å². The number of hydrogen-bond acceptors (Lipinski definition) is 4. The van der Waals surface area contributed by atoms with Crippen LogP contribution in [0.4, 0.5) is 0 Å². The number of morpholine rings is 1. The van der Waals surface area contributed by atoms with Crippen LogP contribution in [0.2, 0.25) is 0 Å². The van der Waals surface area contributed by atoms with Crippen molar-refractivity contribution < 1.29 is 9.53 Å². The van der Waals surface area contributed by atoms with Crippen molar-refractivity contribution in [2.75, 3.05) is 19.7 Å². The average molecular weight is 340 g/mol. The van der Waals surface area contributed by atoms with Gasteiger partial charge in [-0.1, -0.05) is 30.3 Å². The van der Waals surface area contributed by atoms with E-state index in [1.807, 2.05) is 11.0 Å². The highest BCUT2D eigenvalue weighted by molar-refractivity contribution is 5.82. The molecule has 0 radical (unpaired) electrons. The van der Waals surface area contributed by atoms with E-state index in [2.05, 4.69) is 39.1 Å². The molecule has 0 spiro atoms. The van der Waals surface area contributed by atoms with Gasteiger partial charge in [0.15, 0.2) is 0 Å². The molecule has 6 heteroatoms. The van der Waals surface area contributed by atoms with Gasteiger partial charge in [-0.3, -0.25) is 9.69 Å². The standard InChI is InChI=1S/C19H24N4O2/c24-19(23(16-6-7-16)14-18-20-8-9-21-18)17-13-22(10-11-25-17)12-15-4-2-1-3-5-15/h1-5,8-9,16-17H,6-7,10-14H2,(H,20,21). The number of hydrogen-bond donors (Lipinski definition) is 1. The molecular weight excluding hydrogens is 316 g/mol. The highest BCUT2D eigenvalue weighted by Gasteiger charge is 2.38. The Hall–Kier alpha value is -2.18. The largest absolute Gasteiger partial charge is 0.366 e. The van der Waals surface area contributed by atoms with Crippen molar-refractivity contribution in [3.8, 4) is 0 Å². The summed E-state index contributed by atoms with van der Waals surface area (Å²) in [5.41, 5.74) is 1.27. The summed E-state index contributed by atoms with van der Waals surface area (Å²) < 4.78 is 5.82. The topological polar surface area (TPSA) is 61.5 Å². The van der Waals surface area contributed by atoms with Crippen LogP contribution in [-0.4, -0.2) is 57.5 Å². The molecule has 1 aromatic heterocycles. The first-order valence-corrected chi connectivity index (χ1v) is 8.96. The molecule has 1 saturated carbocycles. The van der Waals surface area contributed by atoms with E-state index in [4.69, 9.17) is 4.74 Å². The second-order valence-corrected chi connectivity index (χ2v) is 6.81. The molecule has 1 atom stereocenters. The van der Waals surface area contributed by atoms with Crippen molar-refractivity contribution in [3.63, 3.8) is 0 Å². The fourth-order valence-corrected chi connectivity index (χ4v) is 3.34. The molecule has 1 unspecified atom stereocenters. The minimum atomic E-state index is -0.381. The van der Waals surface area contributed by atoms with Gasteiger partial charge in [0.1, 0.15) is 11.9 Å². The second-order valence-electron chi connectivity index (χ2n) is 6.81. The van der Waals surface area contributed by atoms with Crippen LogP contribution in [0, 0.1) is 0 Å². The van der Waals surface area contributed by atoms with E-state index in [0.717, 1.165) is 31.8 Å². The SMILES string of the molecule is O=C(C1CN(Cc2ccccc2)CCO1)N(Cc1ncc[nH]1)C1CC1. The van der Waals surface area contributed by atoms with E-state index in [9.17, 15) is 4.79 Å². The van der Waals surface area contributed by atoms with Crippen molar-refractivity contribution in [1.82, 2.24) is 19.8 Å². The first kappa shape index (κ1) is 16.3. The van der Waals surface area contributed by atoms with Gasteiger partial charge in [-0.05, 0) is 18.4 Å². The molecule has 2 aliphatic rings. The molecule has 2 heterocycles. The molecule has 1 aromatic carbocycles. The Kier molecular flexibility index (Phi) is 4.81. The molecule has 1 N–H and O–H groups in total. The van der Waals surface area contributed by atoms with E-state index in [1.165, 1.54) is 5.56 Å². The van der Waals surface area contributed by atoms with Gasteiger partial charge < -0.3 is 14.6 Å². The van der Waals surface area contributed by atoms with Crippen LogP contribution in [-0.2, 0) is 22.6 Å². The molecule has 25 heavy (non-hydrogen) atoms. The second kappa shape index (κ2) is 7.37. The normalized spacial score (nSPS) is 21.2. The lowest BCUT2D eigenvalue weighted by atomic mass is 10.1. The molecule has 0 bridgehead atoms. The van der Waals surface area contributed by atoms with E-state index >= 15 is 0 Å². The molecular formula is C19H24N4O2. The summed E-state index contributed by atoms with van der Waals surface area (Å²) in [7, 11) is 0. The van der Waals surface area contributed by atoms with Gasteiger partial charge in [0.05, 0.1) is 13.2 Å². The zero-order valence-electron chi connectivity index (χ0n) is 14.3. The average Bonchev–Trinajstić information content (AvgIpc) is 3.36. The Balaban J connectivity index is 1.40. The smallest absolute Gasteiger partial charge is 0.253 e. The lowest BCUT2D eigenvalue weighted by Crippen LogP contribution is -2.51.